The van der Waals surface area contributed by atoms with E-state index in [4.69, 9.17) is 10.2 Å². The second kappa shape index (κ2) is 3.32. The molecule has 0 saturated carbocycles. The number of oxazole rings is 1. The summed E-state index contributed by atoms with van der Waals surface area (Å²) in [5.74, 6) is 0.674. The van der Waals surface area contributed by atoms with E-state index in [1.54, 1.807) is 17.6 Å². The van der Waals surface area contributed by atoms with E-state index in [0.717, 1.165) is 10.6 Å². The van der Waals surface area contributed by atoms with Gasteiger partial charge in [0.15, 0.2) is 0 Å². The molecular weight excluding hydrogens is 184 g/mol. The van der Waals surface area contributed by atoms with E-state index >= 15 is 0 Å². The lowest BCUT2D eigenvalue weighted by molar-refractivity contribution is 0.574. The zero-order valence-electron chi connectivity index (χ0n) is 7.28. The van der Waals surface area contributed by atoms with Crippen LogP contribution in [0.4, 0.5) is 0 Å². The molecule has 3 nitrogen and oxygen atoms in total. The Morgan fingerprint density at radius 1 is 1.62 bits per heavy atom. The first-order valence-corrected chi connectivity index (χ1v) is 4.88. The maximum Gasteiger partial charge on any atom is 0.236 e. The first-order valence-electron chi connectivity index (χ1n) is 4.00. The summed E-state index contributed by atoms with van der Waals surface area (Å²) in [5, 5.41) is 2.02. The summed E-state index contributed by atoms with van der Waals surface area (Å²) in [6.07, 6.45) is 1.61. The molecule has 0 aromatic carbocycles. The van der Waals surface area contributed by atoms with Gasteiger partial charge in [0, 0.05) is 6.54 Å². The number of hydrogen-bond acceptors (Lipinski definition) is 4. The summed E-state index contributed by atoms with van der Waals surface area (Å²) in [4.78, 5) is 5.33. The van der Waals surface area contributed by atoms with Crippen LogP contribution in [-0.4, -0.2) is 4.98 Å². The van der Waals surface area contributed by atoms with Crippen LogP contribution in [0.25, 0.3) is 10.8 Å². The van der Waals surface area contributed by atoms with Crippen LogP contribution >= 0.6 is 11.3 Å². The van der Waals surface area contributed by atoms with E-state index in [9.17, 15) is 0 Å². The molecule has 0 atom stereocenters. The van der Waals surface area contributed by atoms with E-state index in [2.05, 4.69) is 4.98 Å². The minimum absolute atomic E-state index is 0.425. The van der Waals surface area contributed by atoms with Crippen LogP contribution in [0.1, 0.15) is 11.3 Å². The van der Waals surface area contributed by atoms with Gasteiger partial charge in [-0.2, -0.15) is 0 Å². The number of rotatable bonds is 2. The summed E-state index contributed by atoms with van der Waals surface area (Å²) in [6.45, 7) is 2.46. The van der Waals surface area contributed by atoms with Gasteiger partial charge in [0.05, 0.1) is 10.6 Å². The molecule has 0 amide bonds. The van der Waals surface area contributed by atoms with Crippen molar-refractivity contribution in [3.05, 3.63) is 29.0 Å². The molecule has 0 unspecified atom stereocenters. The number of thiophene rings is 1. The van der Waals surface area contributed by atoms with Gasteiger partial charge in [0.1, 0.15) is 6.26 Å². The van der Waals surface area contributed by atoms with Gasteiger partial charge in [-0.1, -0.05) is 0 Å². The first-order chi connectivity index (χ1) is 6.31. The topological polar surface area (TPSA) is 52.0 Å². The average Bonchev–Trinajstić information content (AvgIpc) is 2.71. The maximum atomic E-state index is 5.44. The van der Waals surface area contributed by atoms with Crippen LogP contribution in [-0.2, 0) is 6.54 Å². The van der Waals surface area contributed by atoms with Crippen LogP contribution in [0.2, 0.25) is 0 Å². The number of nitrogens with two attached hydrogens (primary N) is 1. The highest BCUT2D eigenvalue weighted by Gasteiger charge is 2.09. The molecule has 2 heterocycles. The Morgan fingerprint density at radius 2 is 2.46 bits per heavy atom. The quantitative estimate of drug-likeness (QED) is 0.797. The highest BCUT2D eigenvalue weighted by molar-refractivity contribution is 7.13. The zero-order valence-corrected chi connectivity index (χ0v) is 8.10. The van der Waals surface area contributed by atoms with Crippen molar-refractivity contribution in [2.45, 2.75) is 13.5 Å². The van der Waals surface area contributed by atoms with Gasteiger partial charge in [-0.25, -0.2) is 4.98 Å². The van der Waals surface area contributed by atoms with Crippen molar-refractivity contribution in [2.75, 3.05) is 0 Å². The lowest BCUT2D eigenvalue weighted by Crippen LogP contribution is -1.95. The fraction of sp³-hybridized carbons (Fsp3) is 0.222. The van der Waals surface area contributed by atoms with Crippen LogP contribution in [0.15, 0.2) is 22.1 Å². The molecule has 0 aliphatic rings. The Kier molecular flexibility index (Phi) is 2.16. The Hall–Kier alpha value is -1.13. The molecule has 2 aromatic rings. The first kappa shape index (κ1) is 8.47. The third kappa shape index (κ3) is 1.50. The standard InChI is InChI=1S/C9H10N2OS/c1-6-2-3-13-8(6)9-11-7(4-10)5-12-9/h2-3,5H,4,10H2,1H3. The number of hydrogen-bond donors (Lipinski definition) is 1. The van der Waals surface area contributed by atoms with E-state index in [1.807, 2.05) is 18.4 Å². The lowest BCUT2D eigenvalue weighted by Gasteiger charge is -1.90. The summed E-state index contributed by atoms with van der Waals surface area (Å²) >= 11 is 1.63. The predicted octanol–water partition coefficient (Wildman–Crippen LogP) is 2.17. The van der Waals surface area contributed by atoms with Crippen molar-refractivity contribution >= 4 is 11.3 Å². The smallest absolute Gasteiger partial charge is 0.236 e. The molecule has 13 heavy (non-hydrogen) atoms. The second-order valence-corrected chi connectivity index (χ2v) is 3.70. The molecule has 0 bridgehead atoms. The molecule has 0 spiro atoms. The number of nitrogens with zero attached hydrogens (tertiary/aromatic N) is 1. The molecule has 68 valence electrons. The maximum absolute atomic E-state index is 5.44. The van der Waals surface area contributed by atoms with Gasteiger partial charge in [-0.15, -0.1) is 11.3 Å². The zero-order chi connectivity index (χ0) is 9.26. The molecule has 4 heteroatoms. The van der Waals surface area contributed by atoms with Crippen molar-refractivity contribution in [1.82, 2.24) is 4.98 Å². The van der Waals surface area contributed by atoms with E-state index in [0.29, 0.717) is 12.4 Å². The van der Waals surface area contributed by atoms with E-state index in [-0.39, 0.29) is 0 Å². The van der Waals surface area contributed by atoms with Crippen molar-refractivity contribution in [1.29, 1.82) is 0 Å². The molecule has 0 saturated heterocycles. The van der Waals surface area contributed by atoms with Gasteiger partial charge in [0.25, 0.3) is 0 Å². The Labute approximate surface area is 80.2 Å². The summed E-state index contributed by atoms with van der Waals surface area (Å²) in [5.41, 5.74) is 7.42. The third-order valence-corrected chi connectivity index (χ3v) is 2.82. The lowest BCUT2D eigenvalue weighted by atomic mass is 10.3. The highest BCUT2D eigenvalue weighted by Crippen LogP contribution is 2.27. The van der Waals surface area contributed by atoms with Gasteiger partial charge in [0.2, 0.25) is 5.89 Å². The SMILES string of the molecule is Cc1ccsc1-c1nc(CN)co1. The van der Waals surface area contributed by atoms with E-state index in [1.165, 1.54) is 5.56 Å². The number of aromatic nitrogens is 1. The summed E-state index contributed by atoms with van der Waals surface area (Å²) < 4.78 is 5.30. The molecule has 0 aliphatic carbocycles. The molecule has 2 aromatic heterocycles. The van der Waals surface area contributed by atoms with Crippen molar-refractivity contribution in [2.24, 2.45) is 5.73 Å². The van der Waals surface area contributed by atoms with Crippen LogP contribution in [0.3, 0.4) is 0 Å². The monoisotopic (exact) mass is 194 g/mol. The molecule has 0 radical (unpaired) electrons. The molecule has 0 aliphatic heterocycles. The average molecular weight is 194 g/mol. The van der Waals surface area contributed by atoms with Crippen LogP contribution < -0.4 is 5.73 Å². The Bertz CT molecular complexity index is 405. The second-order valence-electron chi connectivity index (χ2n) is 2.78. The van der Waals surface area contributed by atoms with Gasteiger partial charge in [-0.05, 0) is 23.9 Å². The fourth-order valence-electron chi connectivity index (χ4n) is 1.10. The molecule has 0 fully saturated rings. The third-order valence-electron chi connectivity index (χ3n) is 1.82. The Morgan fingerprint density at radius 3 is 3.00 bits per heavy atom. The Balaban J connectivity index is 2.41. The van der Waals surface area contributed by atoms with Gasteiger partial charge in [-0.3, -0.25) is 0 Å². The van der Waals surface area contributed by atoms with Crippen molar-refractivity contribution in [3.63, 3.8) is 0 Å². The van der Waals surface area contributed by atoms with Gasteiger partial charge < -0.3 is 10.2 Å². The highest BCUT2D eigenvalue weighted by atomic mass is 32.1. The van der Waals surface area contributed by atoms with Crippen LogP contribution in [0.5, 0.6) is 0 Å². The van der Waals surface area contributed by atoms with Crippen molar-refractivity contribution < 1.29 is 4.42 Å². The largest absolute Gasteiger partial charge is 0.444 e. The molecule has 2 rings (SSSR count). The minimum Gasteiger partial charge on any atom is -0.444 e. The number of aryl methyl sites for hydroxylation is 1. The summed E-state index contributed by atoms with van der Waals surface area (Å²) in [7, 11) is 0. The minimum atomic E-state index is 0.425. The normalized spacial score (nSPS) is 10.6. The molecular formula is C9H10N2OS. The summed E-state index contributed by atoms with van der Waals surface area (Å²) in [6, 6.07) is 2.05. The van der Waals surface area contributed by atoms with Crippen molar-refractivity contribution in [3.8, 4) is 10.8 Å². The predicted molar refractivity (Wildman–Crippen MR) is 52.4 cm³/mol. The van der Waals surface area contributed by atoms with Crippen LogP contribution in [0, 0.1) is 6.92 Å². The van der Waals surface area contributed by atoms with E-state index < -0.39 is 0 Å². The van der Waals surface area contributed by atoms with Gasteiger partial charge >= 0.3 is 0 Å². The fourth-order valence-corrected chi connectivity index (χ4v) is 1.95. The molecule has 2 N–H and O–H groups in total.